The average molecular weight is 397 g/mol. The van der Waals surface area contributed by atoms with Crippen molar-refractivity contribution in [1.29, 1.82) is 0 Å². The highest BCUT2D eigenvalue weighted by Gasteiger charge is 2.20. The van der Waals surface area contributed by atoms with Gasteiger partial charge in [-0.1, -0.05) is 0 Å². The Labute approximate surface area is 168 Å². The van der Waals surface area contributed by atoms with E-state index in [2.05, 4.69) is 0 Å². The lowest BCUT2D eigenvalue weighted by Gasteiger charge is -2.10. The van der Waals surface area contributed by atoms with Crippen molar-refractivity contribution in [3.8, 4) is 11.5 Å². The van der Waals surface area contributed by atoms with Crippen LogP contribution >= 0.6 is 0 Å². The van der Waals surface area contributed by atoms with E-state index in [1.54, 1.807) is 30.5 Å². The lowest BCUT2D eigenvalue weighted by atomic mass is 10.1. The summed E-state index contributed by atoms with van der Waals surface area (Å²) in [4.78, 5) is 25.1. The van der Waals surface area contributed by atoms with Gasteiger partial charge < -0.3 is 23.2 Å². The Morgan fingerprint density at radius 2 is 1.83 bits per heavy atom. The molecule has 3 rings (SSSR count). The number of hydrogen-bond donors (Lipinski definition) is 0. The van der Waals surface area contributed by atoms with Crippen LogP contribution in [-0.4, -0.2) is 37.1 Å². The first-order valence-corrected chi connectivity index (χ1v) is 9.06. The van der Waals surface area contributed by atoms with Gasteiger partial charge in [-0.2, -0.15) is 0 Å². The van der Waals surface area contributed by atoms with Crippen LogP contribution in [0.15, 0.2) is 47.1 Å². The molecule has 7 nitrogen and oxygen atoms in total. The summed E-state index contributed by atoms with van der Waals surface area (Å²) in [5, 5.41) is 0. The molecule has 0 bridgehead atoms. The summed E-state index contributed by atoms with van der Waals surface area (Å²) in [6, 6.07) is 10.3. The lowest BCUT2D eigenvalue weighted by Crippen LogP contribution is -2.16. The molecular weight excluding hydrogens is 374 g/mol. The van der Waals surface area contributed by atoms with Crippen molar-refractivity contribution >= 4 is 11.8 Å². The second-order valence-corrected chi connectivity index (χ2v) is 6.52. The molecule has 2 heterocycles. The zero-order chi connectivity index (χ0) is 21.0. The van der Waals surface area contributed by atoms with Crippen LogP contribution in [0.4, 0.5) is 0 Å². The van der Waals surface area contributed by atoms with Crippen molar-refractivity contribution in [1.82, 2.24) is 4.57 Å². The van der Waals surface area contributed by atoms with Crippen LogP contribution in [0, 0.1) is 13.8 Å². The fraction of sp³-hybridized carbons (Fsp3) is 0.273. The summed E-state index contributed by atoms with van der Waals surface area (Å²) in [7, 11) is 2.99. The molecule has 2 aromatic heterocycles. The molecule has 0 aliphatic rings. The van der Waals surface area contributed by atoms with Crippen molar-refractivity contribution in [2.24, 2.45) is 0 Å². The molecule has 7 heteroatoms. The number of ether oxygens (including phenoxy) is 3. The van der Waals surface area contributed by atoms with E-state index in [4.69, 9.17) is 18.6 Å². The Balaban J connectivity index is 1.70. The number of aryl methyl sites for hydroxylation is 1. The molecule has 0 amide bonds. The van der Waals surface area contributed by atoms with E-state index in [9.17, 15) is 9.59 Å². The van der Waals surface area contributed by atoms with Crippen molar-refractivity contribution < 1.29 is 28.2 Å². The predicted octanol–water partition coefficient (Wildman–Crippen LogP) is 3.80. The molecule has 0 radical (unpaired) electrons. The first-order valence-electron chi connectivity index (χ1n) is 9.06. The fourth-order valence-electron chi connectivity index (χ4n) is 3.12. The van der Waals surface area contributed by atoms with E-state index in [0.717, 1.165) is 17.1 Å². The largest absolute Gasteiger partial charge is 0.497 e. The first-order chi connectivity index (χ1) is 13.9. The topological polar surface area (TPSA) is 79.9 Å². The Bertz CT molecular complexity index is 1020. The van der Waals surface area contributed by atoms with Crippen LogP contribution < -0.4 is 9.47 Å². The summed E-state index contributed by atoms with van der Waals surface area (Å²) in [5.41, 5.74) is 2.39. The molecule has 0 fully saturated rings. The van der Waals surface area contributed by atoms with Gasteiger partial charge in [-0.15, -0.1) is 0 Å². The van der Waals surface area contributed by atoms with Crippen molar-refractivity contribution in [3.63, 3.8) is 0 Å². The smallest absolute Gasteiger partial charge is 0.340 e. The van der Waals surface area contributed by atoms with Crippen LogP contribution in [-0.2, 0) is 11.3 Å². The Hall–Kier alpha value is -3.48. The number of methoxy groups -OCH3 is 2. The van der Waals surface area contributed by atoms with Gasteiger partial charge in [0.05, 0.1) is 38.2 Å². The van der Waals surface area contributed by atoms with Gasteiger partial charge in [-0.3, -0.25) is 4.79 Å². The maximum absolute atomic E-state index is 12.6. The molecule has 3 aromatic rings. The molecule has 1 aromatic carbocycles. The second-order valence-electron chi connectivity index (χ2n) is 6.52. The van der Waals surface area contributed by atoms with Gasteiger partial charge in [-0.05, 0) is 44.2 Å². The van der Waals surface area contributed by atoms with E-state index >= 15 is 0 Å². The number of carbonyl (C=O) groups excluding carboxylic acids is 2. The summed E-state index contributed by atoms with van der Waals surface area (Å²) in [6.45, 7) is 3.87. The molecule has 0 N–H and O–H groups in total. The third kappa shape index (κ3) is 4.34. The van der Waals surface area contributed by atoms with Crippen molar-refractivity contribution in [2.45, 2.75) is 20.4 Å². The maximum Gasteiger partial charge on any atom is 0.340 e. The van der Waals surface area contributed by atoms with Gasteiger partial charge in [0, 0.05) is 17.5 Å². The van der Waals surface area contributed by atoms with Crippen LogP contribution in [0.1, 0.15) is 37.9 Å². The molecule has 152 valence electrons. The molecule has 29 heavy (non-hydrogen) atoms. The van der Waals surface area contributed by atoms with E-state index in [-0.39, 0.29) is 12.4 Å². The van der Waals surface area contributed by atoms with Crippen LogP contribution in [0.3, 0.4) is 0 Å². The molecule has 0 unspecified atom stereocenters. The second kappa shape index (κ2) is 8.68. The van der Waals surface area contributed by atoms with E-state index < -0.39 is 5.97 Å². The highest BCUT2D eigenvalue weighted by atomic mass is 16.5. The normalized spacial score (nSPS) is 10.6. The monoisotopic (exact) mass is 397 g/mol. The van der Waals surface area contributed by atoms with Gasteiger partial charge in [0.15, 0.2) is 6.61 Å². The minimum absolute atomic E-state index is 0.324. The molecule has 0 spiro atoms. The van der Waals surface area contributed by atoms with Gasteiger partial charge in [0.2, 0.25) is 5.78 Å². The van der Waals surface area contributed by atoms with Crippen LogP contribution in [0.5, 0.6) is 11.5 Å². The number of rotatable bonds is 8. The number of ketones is 1. The minimum atomic E-state index is -0.551. The van der Waals surface area contributed by atoms with Crippen LogP contribution in [0.25, 0.3) is 0 Å². The quantitative estimate of drug-likeness (QED) is 0.425. The highest BCUT2D eigenvalue weighted by molar-refractivity contribution is 6.01. The molecule has 0 atom stereocenters. The summed E-state index contributed by atoms with van der Waals surface area (Å²) >= 11 is 0. The minimum Gasteiger partial charge on any atom is -0.497 e. The Morgan fingerprint density at radius 3 is 2.48 bits per heavy atom. The van der Waals surface area contributed by atoms with Gasteiger partial charge >= 0.3 is 5.97 Å². The number of carbonyl (C=O) groups is 2. The van der Waals surface area contributed by atoms with Gasteiger partial charge in [0.25, 0.3) is 0 Å². The van der Waals surface area contributed by atoms with Gasteiger partial charge in [0.1, 0.15) is 17.3 Å². The molecule has 0 aliphatic heterocycles. The molecular formula is C22H23NO6. The van der Waals surface area contributed by atoms with Gasteiger partial charge in [-0.25, -0.2) is 4.79 Å². The first kappa shape index (κ1) is 20.3. The summed E-state index contributed by atoms with van der Waals surface area (Å²) < 4.78 is 23.0. The predicted molar refractivity (Wildman–Crippen MR) is 106 cm³/mol. The maximum atomic E-state index is 12.6. The highest BCUT2D eigenvalue weighted by Crippen LogP contribution is 2.25. The van der Waals surface area contributed by atoms with E-state index in [0.29, 0.717) is 29.2 Å². The fourth-order valence-corrected chi connectivity index (χ4v) is 3.12. The average Bonchev–Trinajstić information content (AvgIpc) is 3.35. The third-order valence-electron chi connectivity index (χ3n) is 4.73. The van der Waals surface area contributed by atoms with E-state index in [1.807, 2.05) is 30.5 Å². The Kier molecular flexibility index (Phi) is 6.07. The standard InChI is InChI=1S/C22H23NO6/c1-14-10-19(15(2)23(14)12-17-6-5-9-28-17)22(25)29-13-20(24)18-8-7-16(26-3)11-21(18)27-4/h5-11H,12-13H2,1-4H3. The number of nitrogens with zero attached hydrogens (tertiary/aromatic N) is 1. The number of furan rings is 1. The lowest BCUT2D eigenvalue weighted by molar-refractivity contribution is 0.0473. The molecule has 0 saturated heterocycles. The number of hydrogen-bond acceptors (Lipinski definition) is 6. The molecule has 0 saturated carbocycles. The molecule has 0 aliphatic carbocycles. The Morgan fingerprint density at radius 1 is 1.03 bits per heavy atom. The third-order valence-corrected chi connectivity index (χ3v) is 4.73. The SMILES string of the molecule is COc1ccc(C(=O)COC(=O)c2cc(C)n(Cc3ccco3)c2C)c(OC)c1. The number of esters is 1. The zero-order valence-electron chi connectivity index (χ0n) is 16.9. The number of aromatic nitrogens is 1. The van der Waals surface area contributed by atoms with Crippen LogP contribution in [0.2, 0.25) is 0 Å². The number of benzene rings is 1. The number of Topliss-reactive ketones (excluding diaryl/α,β-unsaturated/α-hetero) is 1. The zero-order valence-corrected chi connectivity index (χ0v) is 16.9. The van der Waals surface area contributed by atoms with E-state index in [1.165, 1.54) is 14.2 Å². The van der Waals surface area contributed by atoms with Crippen molar-refractivity contribution in [2.75, 3.05) is 20.8 Å². The summed E-state index contributed by atoms with van der Waals surface area (Å²) in [6.07, 6.45) is 1.61. The van der Waals surface area contributed by atoms with Crippen molar-refractivity contribution in [3.05, 3.63) is 70.9 Å². The summed E-state index contributed by atoms with van der Waals surface area (Å²) in [5.74, 6) is 0.807.